The molecule has 3 atom stereocenters. The summed E-state index contributed by atoms with van der Waals surface area (Å²) in [7, 11) is 1.72. The van der Waals surface area contributed by atoms with Crippen LogP contribution in [0.15, 0.2) is 44.9 Å². The number of quaternary nitrogens is 1. The summed E-state index contributed by atoms with van der Waals surface area (Å²) in [6, 6.07) is 2.05. The van der Waals surface area contributed by atoms with E-state index >= 15 is 4.39 Å². The van der Waals surface area contributed by atoms with Crippen LogP contribution in [-0.4, -0.2) is 128 Å². The quantitative estimate of drug-likeness (QED) is 0.127. The van der Waals surface area contributed by atoms with E-state index in [1.165, 1.54) is 13.3 Å². The summed E-state index contributed by atoms with van der Waals surface area (Å²) in [5.74, 6) is -3.78. The molecule has 3 aromatic rings. The Bertz CT molecular complexity index is 2050. The molecule has 5 heterocycles. The average molecular weight is 732 g/mol. The molecule has 3 aliphatic rings. The highest BCUT2D eigenvalue weighted by molar-refractivity contribution is 7.86. The zero-order chi connectivity index (χ0) is 36.1. The number of pyridine rings is 1. The van der Waals surface area contributed by atoms with Crippen molar-refractivity contribution < 1.29 is 42.5 Å². The van der Waals surface area contributed by atoms with Crippen molar-refractivity contribution in [3.63, 3.8) is 0 Å². The first kappa shape index (κ1) is 35.0. The van der Waals surface area contributed by atoms with Gasteiger partial charge in [-0.15, -0.1) is 11.3 Å². The third-order valence-corrected chi connectivity index (χ3v) is 11.8. The van der Waals surface area contributed by atoms with Crippen LogP contribution in [0.1, 0.15) is 23.0 Å². The number of rotatable bonds is 10. The fourth-order valence-electron chi connectivity index (χ4n) is 6.86. The summed E-state index contributed by atoms with van der Waals surface area (Å²) >= 11 is 1.13. The zero-order valence-corrected chi connectivity index (χ0v) is 29.1. The molecule has 1 unspecified atom stereocenters. The molecule has 2 saturated heterocycles. The first-order valence-corrected chi connectivity index (χ1v) is 17.9. The molecule has 1 amide bonds. The Hall–Kier alpha value is -4.88. The minimum absolute atomic E-state index is 0.0108. The number of carboxylic acid groups (broad SMARTS) is 2. The van der Waals surface area contributed by atoms with E-state index in [0.717, 1.165) is 17.4 Å². The second kappa shape index (κ2) is 13.4. The van der Waals surface area contributed by atoms with E-state index in [2.05, 4.69) is 15.5 Å². The molecule has 2 aromatic heterocycles. The molecule has 16 nitrogen and oxygen atoms in total. The number of fused-ring (bicyclic) bond motifs is 2. The lowest BCUT2D eigenvalue weighted by Gasteiger charge is -2.52. The molecule has 50 heavy (non-hydrogen) atoms. The predicted octanol–water partition coefficient (Wildman–Crippen LogP) is 0.442. The molecule has 0 bridgehead atoms. The number of aryl methyl sites for hydroxylation is 1. The topological polar surface area (TPSA) is 210 Å². The van der Waals surface area contributed by atoms with Crippen molar-refractivity contribution in [2.24, 2.45) is 5.16 Å². The number of nitrogens with zero attached hydrogens (tertiary/aromatic N) is 6. The number of piperazine rings is 1. The number of hydrogen-bond acceptors (Lipinski definition) is 12. The number of aromatic carboxylic acids is 1. The minimum Gasteiger partial charge on any atom is -0.477 e. The Labute approximate surface area is 291 Å². The lowest BCUT2D eigenvalue weighted by molar-refractivity contribution is -0.905. The maximum absolute atomic E-state index is 15.5. The van der Waals surface area contributed by atoms with Crippen LogP contribution in [0.25, 0.3) is 10.9 Å². The Balaban J connectivity index is 1.17. The summed E-state index contributed by atoms with van der Waals surface area (Å²) < 4.78 is 31.0. The van der Waals surface area contributed by atoms with Crippen LogP contribution in [0.5, 0.6) is 0 Å². The van der Waals surface area contributed by atoms with Crippen LogP contribution in [0, 0.1) is 5.82 Å². The van der Waals surface area contributed by atoms with Crippen molar-refractivity contribution in [3.05, 3.63) is 62.3 Å². The number of oxime groups is 1. The summed E-state index contributed by atoms with van der Waals surface area (Å²) in [5, 5.41) is 27.3. The number of halogens is 1. The number of hydrogen-bond donors (Lipinski definition) is 4. The summed E-state index contributed by atoms with van der Waals surface area (Å²) in [5.41, 5.74) is 5.95. The van der Waals surface area contributed by atoms with Gasteiger partial charge in [0, 0.05) is 35.6 Å². The molecule has 0 spiro atoms. The first-order valence-electron chi connectivity index (χ1n) is 15.7. The number of nitrogens with one attached hydrogen (secondary N) is 1. The highest BCUT2D eigenvalue weighted by atomic mass is 32.2. The fraction of sp³-hybridized carbons (Fsp3) is 0.419. The molecular formula is C31H36FN8O8S2+. The van der Waals surface area contributed by atoms with Gasteiger partial charge >= 0.3 is 11.9 Å². The highest BCUT2D eigenvalue weighted by Gasteiger charge is 2.51. The molecule has 0 saturated carbocycles. The van der Waals surface area contributed by atoms with Gasteiger partial charge < -0.3 is 45.0 Å². The van der Waals surface area contributed by atoms with Gasteiger partial charge in [-0.1, -0.05) is 5.16 Å². The summed E-state index contributed by atoms with van der Waals surface area (Å²) in [6.45, 7) is 4.47. The van der Waals surface area contributed by atoms with Gasteiger partial charge in [0.1, 0.15) is 41.8 Å². The Morgan fingerprint density at radius 1 is 1.24 bits per heavy atom. The first-order chi connectivity index (χ1) is 23.7. The van der Waals surface area contributed by atoms with Gasteiger partial charge in [-0.05, 0) is 19.1 Å². The van der Waals surface area contributed by atoms with Crippen LogP contribution in [0.2, 0.25) is 0 Å². The van der Waals surface area contributed by atoms with Crippen LogP contribution in [0.4, 0.5) is 15.2 Å². The third kappa shape index (κ3) is 6.31. The monoisotopic (exact) mass is 731 g/mol. The van der Waals surface area contributed by atoms with Gasteiger partial charge in [-0.3, -0.25) is 13.8 Å². The van der Waals surface area contributed by atoms with Crippen molar-refractivity contribution >= 4 is 67.4 Å². The van der Waals surface area contributed by atoms with E-state index in [1.54, 1.807) is 27.8 Å². The highest BCUT2D eigenvalue weighted by Crippen LogP contribution is 2.35. The van der Waals surface area contributed by atoms with E-state index in [1.807, 2.05) is 11.9 Å². The standard InChI is InChI=1S/C31H35FN8O8S2/c1-4-37-11-18(29(43)44)26(41)17-9-19(32)23(10-22(17)37)38-5-7-40(2,8-6-38)13-16-15-50(47)28-20(12-39(28)25(16)30(45)46)34-27(42)24(36-48-3)21-14-49-31(33)35-21/h9-11,14,20,28H,4-8,12-13,15H2,1-3H3,(H4-,33,34,35,42,43,44,45,46)/p+1/t20-,28-,50?/m1/s1. The molecule has 266 valence electrons. The number of nitrogens with two attached hydrogens (primary N) is 1. The number of nitrogen functional groups attached to an aromatic ring is 1. The van der Waals surface area contributed by atoms with E-state index in [9.17, 15) is 33.6 Å². The second-order valence-electron chi connectivity index (χ2n) is 12.6. The lowest BCUT2D eigenvalue weighted by Crippen LogP contribution is -2.71. The number of amides is 1. The lowest BCUT2D eigenvalue weighted by atomic mass is 10.0. The fourth-order valence-corrected chi connectivity index (χ4v) is 9.15. The number of anilines is 2. The maximum Gasteiger partial charge on any atom is 0.352 e. The van der Waals surface area contributed by atoms with Crippen LogP contribution >= 0.6 is 11.3 Å². The SMILES string of the molecule is CCn1cc(C(=O)O)c(=O)c2cc(F)c(N3CC[N+](C)(CC4=C(C(=O)O)N5C[C@@H](NC(=O)C(=NOC)c6csc(N)n6)[C@H]5S(=O)C4)CC3)cc21. The Kier molecular flexibility index (Phi) is 9.40. The number of carboxylic acids is 2. The van der Waals surface area contributed by atoms with Crippen molar-refractivity contribution in [2.45, 2.75) is 24.9 Å². The number of aliphatic carboxylic acids is 1. The number of aromatic nitrogens is 2. The number of benzene rings is 1. The van der Waals surface area contributed by atoms with Crippen LogP contribution in [0.3, 0.4) is 0 Å². The molecule has 2 fully saturated rings. The van der Waals surface area contributed by atoms with E-state index in [0.29, 0.717) is 54.8 Å². The van der Waals surface area contributed by atoms with Gasteiger partial charge in [0.2, 0.25) is 5.43 Å². The summed E-state index contributed by atoms with van der Waals surface area (Å²) in [4.78, 5) is 62.4. The molecule has 3 aliphatic heterocycles. The predicted molar refractivity (Wildman–Crippen MR) is 184 cm³/mol. The number of carbonyl (C=O) groups is 3. The second-order valence-corrected chi connectivity index (χ2v) is 15.0. The van der Waals surface area contributed by atoms with E-state index in [-0.39, 0.29) is 45.6 Å². The number of thiazole rings is 1. The summed E-state index contributed by atoms with van der Waals surface area (Å²) in [6.07, 6.45) is 1.27. The smallest absolute Gasteiger partial charge is 0.352 e. The normalized spacial score (nSPS) is 21.8. The van der Waals surface area contributed by atoms with Crippen molar-refractivity contribution in [1.29, 1.82) is 0 Å². The molecule has 19 heteroatoms. The largest absolute Gasteiger partial charge is 0.477 e. The van der Waals surface area contributed by atoms with Gasteiger partial charge in [0.15, 0.2) is 10.8 Å². The minimum atomic E-state index is -1.53. The number of likely N-dealkylation sites (N-methyl/N-ethyl adjacent to an activating group) is 1. The van der Waals surface area contributed by atoms with Crippen molar-refractivity contribution in [3.8, 4) is 0 Å². The molecule has 6 rings (SSSR count). The van der Waals surface area contributed by atoms with Gasteiger partial charge in [0.05, 0.1) is 67.0 Å². The molecular weight excluding hydrogens is 696 g/mol. The molecule has 0 radical (unpaired) electrons. The third-order valence-electron chi connectivity index (χ3n) is 9.39. The molecule has 1 aromatic carbocycles. The van der Waals surface area contributed by atoms with Gasteiger partial charge in [-0.2, -0.15) is 0 Å². The zero-order valence-electron chi connectivity index (χ0n) is 27.4. The van der Waals surface area contributed by atoms with Crippen molar-refractivity contribution in [2.75, 3.05) is 69.8 Å². The van der Waals surface area contributed by atoms with E-state index < -0.39 is 56.9 Å². The van der Waals surface area contributed by atoms with Crippen molar-refractivity contribution in [1.82, 2.24) is 19.8 Å². The Morgan fingerprint density at radius 2 is 1.96 bits per heavy atom. The van der Waals surface area contributed by atoms with Crippen LogP contribution in [-0.2, 0) is 31.8 Å². The van der Waals surface area contributed by atoms with Crippen LogP contribution < -0.4 is 21.4 Å². The average Bonchev–Trinajstić information content (AvgIpc) is 3.48. The van der Waals surface area contributed by atoms with Gasteiger partial charge in [-0.25, -0.2) is 19.0 Å². The maximum atomic E-state index is 15.5. The van der Waals surface area contributed by atoms with Gasteiger partial charge in [0.25, 0.3) is 5.91 Å². The molecule has 5 N–H and O–H groups in total. The Morgan fingerprint density at radius 3 is 2.56 bits per heavy atom. The molecule has 0 aliphatic carbocycles. The number of carbonyl (C=O) groups excluding carboxylic acids is 1. The van der Waals surface area contributed by atoms with E-state index in [4.69, 9.17) is 10.6 Å².